The molecule has 1 aliphatic rings. The topological polar surface area (TPSA) is 0 Å². The van der Waals surface area contributed by atoms with E-state index in [0.29, 0.717) is 0 Å². The van der Waals surface area contributed by atoms with Crippen LogP contribution in [-0.2, 0) is 47.6 Å². The van der Waals surface area contributed by atoms with Crippen molar-refractivity contribution in [3.63, 3.8) is 0 Å². The summed E-state index contributed by atoms with van der Waals surface area (Å²) in [4.78, 5) is 0. The number of fused-ring (bicyclic) bond motifs is 3. The van der Waals surface area contributed by atoms with Crippen LogP contribution in [0.15, 0.2) is 97.1 Å². The zero-order valence-electron chi connectivity index (χ0n) is 33.4. The largest absolute Gasteiger partial charge is 1.00 e. The molecule has 3 heteroatoms. The molecule has 0 aliphatic heterocycles. The van der Waals surface area contributed by atoms with E-state index in [4.69, 9.17) is 0 Å². The van der Waals surface area contributed by atoms with E-state index in [9.17, 15) is 0 Å². The van der Waals surface area contributed by atoms with Gasteiger partial charge in [-0.2, -0.15) is 6.08 Å². The number of rotatable bonds is 8. The van der Waals surface area contributed by atoms with Crippen molar-refractivity contribution in [2.24, 2.45) is 0 Å². The number of hydrogen-bond acceptors (Lipinski definition) is 0. The summed E-state index contributed by atoms with van der Waals surface area (Å²) in [5.74, 6) is 0. The normalized spacial score (nSPS) is 12.1. The van der Waals surface area contributed by atoms with Gasteiger partial charge in [-0.1, -0.05) is 75.9 Å². The Balaban J connectivity index is 0.000000307. The molecule has 5 aromatic rings. The van der Waals surface area contributed by atoms with Crippen molar-refractivity contribution in [1.29, 1.82) is 0 Å². The van der Waals surface area contributed by atoms with E-state index in [1.165, 1.54) is 108 Å². The minimum Gasteiger partial charge on any atom is -1.00 e. The molecule has 52 heavy (non-hydrogen) atoms. The van der Waals surface area contributed by atoms with E-state index in [1.807, 2.05) is 12.2 Å². The minimum absolute atomic E-state index is 0. The first-order chi connectivity index (χ1) is 23.7. The van der Waals surface area contributed by atoms with Gasteiger partial charge in [-0.3, -0.25) is 6.08 Å². The molecule has 276 valence electrons. The Labute approximate surface area is 343 Å². The molecule has 0 unspecified atom stereocenters. The molecule has 5 aromatic carbocycles. The van der Waals surface area contributed by atoms with E-state index in [1.54, 1.807) is 0 Å². The zero-order chi connectivity index (χ0) is 36.5. The van der Waals surface area contributed by atoms with E-state index in [2.05, 4.69) is 160 Å². The molecule has 0 amide bonds. The average Bonchev–Trinajstić information content (AvgIpc) is 3.77. The van der Waals surface area contributed by atoms with Gasteiger partial charge in [-0.05, 0) is 24.7 Å². The van der Waals surface area contributed by atoms with Crippen molar-refractivity contribution in [2.45, 2.75) is 125 Å². The van der Waals surface area contributed by atoms with Gasteiger partial charge in [0.25, 0.3) is 0 Å². The van der Waals surface area contributed by atoms with Gasteiger partial charge in [0.05, 0.1) is 0 Å². The SMILES string of the molecule is CCCCc1ccc([C](=[Hf+2])c2ccc(CCCC)cc2)cc1.Cc1cc2[cH-]c3cc(C)c(C(C)(C)C)cc3c2cc1C(C)(C)C.[C-]1=CC=CC1.[Cl-].[Cl-]. The number of halogens is 2. The maximum atomic E-state index is 2.99. The Morgan fingerprint density at radius 1 is 0.654 bits per heavy atom. The van der Waals surface area contributed by atoms with Gasteiger partial charge in [-0.15, -0.1) is 46.2 Å². The first kappa shape index (κ1) is 45.7. The molecule has 0 saturated heterocycles. The predicted molar refractivity (Wildman–Crippen MR) is 219 cm³/mol. The standard InChI is InChI=1S/C23H29.C21H26.C5H5.2ClH.Hf/c1-14-9-16-11-17-10-15(2)21(23(6,7)8)13-19(17)18(16)12-20(14)22(3,4)5;1-3-5-7-18-9-13-20(14-10-18)17-21-15-11-19(12-16-21)8-6-4-2;1-2-4-5-3-1;;;/h9-13H,1-8H3;9-16H,3-8H2,1-2H3;1-3H,4H2;2*1H;/q-1;;-1;;;+2/p-2. The summed E-state index contributed by atoms with van der Waals surface area (Å²) >= 11 is 1.08. The van der Waals surface area contributed by atoms with Crippen LogP contribution in [0.2, 0.25) is 0 Å². The molecule has 0 nitrogen and oxygen atoms in total. The maximum absolute atomic E-state index is 2.99. The minimum atomic E-state index is 0. The first-order valence-electron chi connectivity index (χ1n) is 18.9. The maximum Gasteiger partial charge on any atom is -0.0142 e. The number of benzene rings is 4. The molecule has 0 bridgehead atoms. The first-order valence-corrected chi connectivity index (χ1v) is 20.7. The molecule has 0 heterocycles. The number of aryl methyl sites for hydroxylation is 4. The van der Waals surface area contributed by atoms with E-state index in [-0.39, 0.29) is 35.6 Å². The number of unbranched alkanes of at least 4 members (excludes halogenated alkanes) is 2. The van der Waals surface area contributed by atoms with Gasteiger partial charge in [0.2, 0.25) is 0 Å². The van der Waals surface area contributed by atoms with Crippen molar-refractivity contribution in [2.75, 3.05) is 0 Å². The van der Waals surface area contributed by atoms with Crippen molar-refractivity contribution >= 4 is 24.8 Å². The Morgan fingerprint density at radius 2 is 1.06 bits per heavy atom. The molecule has 0 aromatic heterocycles. The fourth-order valence-corrected chi connectivity index (χ4v) is 8.09. The van der Waals surface area contributed by atoms with Crippen molar-refractivity contribution < 1.29 is 48.7 Å². The summed E-state index contributed by atoms with van der Waals surface area (Å²) in [7, 11) is 0. The number of allylic oxidation sites excluding steroid dienone is 4. The molecule has 0 radical (unpaired) electrons. The molecular weight excluding hydrogens is 838 g/mol. The monoisotopic (exact) mass is 898 g/mol. The second-order valence-electron chi connectivity index (χ2n) is 16.1. The summed E-state index contributed by atoms with van der Waals surface area (Å²) in [6.07, 6.45) is 17.5. The molecule has 0 saturated carbocycles. The Kier molecular flexibility index (Phi) is 18.3. The third-order valence-corrected chi connectivity index (χ3v) is 11.8. The van der Waals surface area contributed by atoms with Crippen LogP contribution < -0.4 is 24.8 Å². The van der Waals surface area contributed by atoms with Gasteiger partial charge in [-0.25, -0.2) is 12.2 Å². The van der Waals surface area contributed by atoms with Gasteiger partial charge in [0.1, 0.15) is 0 Å². The fourth-order valence-electron chi connectivity index (χ4n) is 6.89. The van der Waals surface area contributed by atoms with E-state index in [0.717, 1.165) is 30.3 Å². The molecule has 0 atom stereocenters. The van der Waals surface area contributed by atoms with Crippen LogP contribution in [0.1, 0.15) is 132 Å². The van der Waals surface area contributed by atoms with E-state index >= 15 is 0 Å². The molecule has 0 fully saturated rings. The van der Waals surface area contributed by atoms with Crippen LogP contribution in [-0.4, -0.2) is 3.26 Å². The summed E-state index contributed by atoms with van der Waals surface area (Å²) in [5.41, 5.74) is 11.8. The van der Waals surface area contributed by atoms with Crippen molar-refractivity contribution in [3.8, 4) is 0 Å². The van der Waals surface area contributed by atoms with Gasteiger partial charge in [0, 0.05) is 0 Å². The quantitative estimate of drug-likeness (QED) is 0.111. The van der Waals surface area contributed by atoms with Crippen molar-refractivity contribution in [1.82, 2.24) is 0 Å². The molecule has 0 spiro atoms. The number of hydrogen-bond donors (Lipinski definition) is 0. The second-order valence-corrected chi connectivity index (χ2v) is 17.9. The third-order valence-electron chi connectivity index (χ3n) is 9.72. The summed E-state index contributed by atoms with van der Waals surface area (Å²) in [6, 6.07) is 30.4. The van der Waals surface area contributed by atoms with Crippen LogP contribution in [0.25, 0.3) is 21.5 Å². The third kappa shape index (κ3) is 12.6. The molecule has 0 N–H and O–H groups in total. The molecule has 6 rings (SSSR count). The van der Waals surface area contributed by atoms with Crippen LogP contribution in [0.4, 0.5) is 0 Å². The average molecular weight is 898 g/mol. The van der Waals surface area contributed by atoms with Gasteiger partial charge < -0.3 is 24.8 Å². The molecular formula is C49H60Cl2Hf-2. The van der Waals surface area contributed by atoms with Crippen LogP contribution >= 0.6 is 0 Å². The molecule has 1 aliphatic carbocycles. The van der Waals surface area contributed by atoms with Gasteiger partial charge in [0.15, 0.2) is 0 Å². The Morgan fingerprint density at radius 3 is 1.35 bits per heavy atom. The summed E-state index contributed by atoms with van der Waals surface area (Å²) in [5, 5.41) is 5.55. The van der Waals surface area contributed by atoms with Crippen molar-refractivity contribution in [3.05, 3.63) is 148 Å². The second kappa shape index (κ2) is 20.9. The van der Waals surface area contributed by atoms with E-state index < -0.39 is 0 Å². The summed E-state index contributed by atoms with van der Waals surface area (Å²) in [6.45, 7) is 22.8. The fraction of sp³-hybridized carbons (Fsp3) is 0.388. The Hall–Kier alpha value is -2.45. The smallest absolute Gasteiger partial charge is 0.0142 e. The predicted octanol–water partition coefficient (Wildman–Crippen LogP) is 7.72. The zero-order valence-corrected chi connectivity index (χ0v) is 38.5. The summed E-state index contributed by atoms with van der Waals surface area (Å²) < 4.78 is 1.50. The van der Waals surface area contributed by atoms with Crippen LogP contribution in [0.5, 0.6) is 0 Å². The van der Waals surface area contributed by atoms with Gasteiger partial charge >= 0.3 is 150 Å². The van der Waals surface area contributed by atoms with Crippen LogP contribution in [0, 0.1) is 19.9 Å². The van der Waals surface area contributed by atoms with Crippen LogP contribution in [0.3, 0.4) is 0 Å². The Bertz CT molecular complexity index is 1780.